The normalized spacial score (nSPS) is 13.1. The van der Waals surface area contributed by atoms with Crippen molar-refractivity contribution in [3.05, 3.63) is 35.9 Å². The van der Waals surface area contributed by atoms with Crippen molar-refractivity contribution in [3.8, 4) is 0 Å². The lowest BCUT2D eigenvalue weighted by molar-refractivity contribution is -0.906. The second kappa shape index (κ2) is 13.4. The van der Waals surface area contributed by atoms with Crippen LogP contribution >= 0.6 is 17.0 Å². The van der Waals surface area contributed by atoms with Gasteiger partial charge < -0.3 is 19.5 Å². The second-order valence-electron chi connectivity index (χ2n) is 6.29. The lowest BCUT2D eigenvalue weighted by Gasteiger charge is -2.31. The summed E-state index contributed by atoms with van der Waals surface area (Å²) < 4.78 is 0.983. The van der Waals surface area contributed by atoms with Crippen molar-refractivity contribution in [1.29, 1.82) is 0 Å². The molecule has 5 heteroatoms. The van der Waals surface area contributed by atoms with Gasteiger partial charge >= 0.3 is 0 Å². The van der Waals surface area contributed by atoms with Crippen LogP contribution < -0.4 is 5.11 Å². The van der Waals surface area contributed by atoms with E-state index >= 15 is 0 Å². The molecule has 0 amide bonds. The summed E-state index contributed by atoms with van der Waals surface area (Å²) in [6.45, 7) is 11.6. The molecule has 1 aromatic rings. The predicted octanol–water partition coefficient (Wildman–Crippen LogP) is 2.61. The number of halogens is 1. The third-order valence-electron chi connectivity index (χ3n) is 4.79. The number of carboxylic acids is 1. The van der Waals surface area contributed by atoms with Gasteiger partial charge in [0.1, 0.15) is 6.54 Å². The molecule has 0 bridgehead atoms. The zero-order valence-electron chi connectivity index (χ0n) is 15.7. The number of benzene rings is 1. The van der Waals surface area contributed by atoms with Crippen LogP contribution in [0, 0.1) is 5.92 Å². The Kier molecular flexibility index (Phi) is 14.1. The van der Waals surface area contributed by atoms with E-state index in [1.807, 2.05) is 44.2 Å². The van der Waals surface area contributed by atoms with Crippen molar-refractivity contribution in [2.45, 2.75) is 40.0 Å². The van der Waals surface area contributed by atoms with E-state index in [0.29, 0.717) is 6.61 Å². The summed E-state index contributed by atoms with van der Waals surface area (Å²) >= 11 is 0. The third-order valence-corrected chi connectivity index (χ3v) is 4.79. The molecule has 140 valence electrons. The molecule has 24 heavy (non-hydrogen) atoms. The minimum Gasteiger partial charge on any atom is -0.549 e. The topological polar surface area (TPSA) is 60.4 Å². The summed E-state index contributed by atoms with van der Waals surface area (Å²) in [5, 5.41) is 19.6. The number of likely N-dealkylation sites (N-methyl/N-ethyl adjacent to an activating group) is 1. The molecule has 0 aliphatic carbocycles. The monoisotopic (exact) mass is 403 g/mol. The van der Waals surface area contributed by atoms with Crippen LogP contribution in [0.15, 0.2) is 30.3 Å². The van der Waals surface area contributed by atoms with Crippen molar-refractivity contribution >= 4 is 23.0 Å². The Hall–Kier alpha value is -0.910. The van der Waals surface area contributed by atoms with Crippen LogP contribution in [0.1, 0.15) is 45.6 Å². The van der Waals surface area contributed by atoms with Gasteiger partial charge in [0.05, 0.1) is 26.7 Å². The maximum Gasteiger partial charge on any atom is 0.102 e. The number of carboxylic acid groups (broad SMARTS) is 1. The lowest BCUT2D eigenvalue weighted by Crippen LogP contribution is -2.45. The van der Waals surface area contributed by atoms with Crippen LogP contribution in [-0.2, 0) is 4.79 Å². The number of nitrogens with zero attached hydrogens (tertiary/aromatic N) is 1. The zero-order chi connectivity index (χ0) is 17.9. The number of carbonyl (C=O) groups is 1. The first-order valence-corrected chi connectivity index (χ1v) is 8.55. The Labute approximate surface area is 157 Å². The number of hydrogen-bond donors (Lipinski definition) is 1. The number of carbonyl (C=O) groups excluding carboxylic acids is 1. The van der Waals surface area contributed by atoms with Gasteiger partial charge in [0.25, 0.3) is 0 Å². The van der Waals surface area contributed by atoms with Crippen molar-refractivity contribution < 1.29 is 19.5 Å². The minimum atomic E-state index is -0.981. The van der Waals surface area contributed by atoms with Gasteiger partial charge in [0, 0.05) is 11.9 Å². The maximum absolute atomic E-state index is 11.0. The molecule has 2 atom stereocenters. The van der Waals surface area contributed by atoms with Gasteiger partial charge in [-0.3, -0.25) is 0 Å². The highest BCUT2D eigenvalue weighted by atomic mass is 79.9. The summed E-state index contributed by atoms with van der Waals surface area (Å²) in [7, 11) is 2.16. The summed E-state index contributed by atoms with van der Waals surface area (Å²) in [6.07, 6.45) is 0.841. The summed E-state index contributed by atoms with van der Waals surface area (Å²) in [6, 6.07) is 9.27. The molecule has 1 N–H and O–H groups in total. The lowest BCUT2D eigenvalue weighted by atomic mass is 9.86. The molecular formula is C19H34BrNO3. The number of rotatable bonds is 8. The van der Waals surface area contributed by atoms with Crippen LogP contribution in [0.4, 0.5) is 0 Å². The molecule has 4 nitrogen and oxygen atoms in total. The van der Waals surface area contributed by atoms with Gasteiger partial charge in [0.15, 0.2) is 0 Å². The van der Waals surface area contributed by atoms with E-state index < -0.39 is 11.9 Å². The largest absolute Gasteiger partial charge is 0.549 e. The highest BCUT2D eigenvalue weighted by Crippen LogP contribution is 2.25. The van der Waals surface area contributed by atoms with E-state index in [0.717, 1.165) is 36.1 Å². The molecule has 0 heterocycles. The fourth-order valence-corrected chi connectivity index (χ4v) is 2.37. The number of quaternary nitrogens is 1. The highest BCUT2D eigenvalue weighted by molar-refractivity contribution is 8.93. The molecule has 0 aliphatic heterocycles. The summed E-state index contributed by atoms with van der Waals surface area (Å²) in [4.78, 5) is 11.0. The third kappa shape index (κ3) is 8.81. The van der Waals surface area contributed by atoms with Gasteiger partial charge in [-0.2, -0.15) is 0 Å². The van der Waals surface area contributed by atoms with Gasteiger partial charge in [-0.05, 0) is 25.3 Å². The number of hydrogen-bond acceptors (Lipinski definition) is 3. The van der Waals surface area contributed by atoms with Gasteiger partial charge in [-0.25, -0.2) is 0 Å². The van der Waals surface area contributed by atoms with Crippen molar-refractivity contribution in [1.82, 2.24) is 0 Å². The average molecular weight is 404 g/mol. The van der Waals surface area contributed by atoms with E-state index in [-0.39, 0.29) is 22.9 Å². The smallest absolute Gasteiger partial charge is 0.102 e. The Morgan fingerprint density at radius 2 is 1.67 bits per heavy atom. The van der Waals surface area contributed by atoms with Crippen LogP contribution in [0.25, 0.3) is 0 Å². The molecular weight excluding hydrogens is 370 g/mol. The van der Waals surface area contributed by atoms with Crippen LogP contribution in [0.3, 0.4) is 0 Å². The van der Waals surface area contributed by atoms with E-state index in [2.05, 4.69) is 20.9 Å². The number of aliphatic hydroxyl groups excluding tert-OH is 1. The molecule has 2 unspecified atom stereocenters. The minimum absolute atomic E-state index is 0. The van der Waals surface area contributed by atoms with Gasteiger partial charge in [0.2, 0.25) is 0 Å². The van der Waals surface area contributed by atoms with Gasteiger partial charge in [-0.1, -0.05) is 50.6 Å². The SMILES string of the molecule is Br.CCC(C)C(C(=O)[O-])c1ccccc1.CC[N+](C)(CC)CCO. The fraction of sp³-hybridized carbons (Fsp3) is 0.632. The molecule has 0 radical (unpaired) electrons. The predicted molar refractivity (Wildman–Crippen MR) is 103 cm³/mol. The van der Waals surface area contributed by atoms with Crippen LogP contribution in [-0.4, -0.2) is 48.8 Å². The van der Waals surface area contributed by atoms with E-state index in [4.69, 9.17) is 5.11 Å². The first-order chi connectivity index (χ1) is 10.8. The van der Waals surface area contributed by atoms with Crippen molar-refractivity contribution in [2.75, 3.05) is 33.3 Å². The Bertz CT molecular complexity index is 435. The van der Waals surface area contributed by atoms with E-state index in [1.165, 1.54) is 0 Å². The Balaban J connectivity index is 0. The number of aliphatic carboxylic acids is 1. The van der Waals surface area contributed by atoms with Gasteiger partial charge in [-0.15, -0.1) is 17.0 Å². The molecule has 0 aromatic heterocycles. The fourth-order valence-electron chi connectivity index (χ4n) is 2.37. The highest BCUT2D eigenvalue weighted by Gasteiger charge is 2.18. The molecule has 0 spiro atoms. The van der Waals surface area contributed by atoms with E-state index in [9.17, 15) is 9.90 Å². The zero-order valence-corrected chi connectivity index (χ0v) is 17.4. The van der Waals surface area contributed by atoms with Crippen molar-refractivity contribution in [2.24, 2.45) is 5.92 Å². The second-order valence-corrected chi connectivity index (χ2v) is 6.29. The van der Waals surface area contributed by atoms with Crippen molar-refractivity contribution in [3.63, 3.8) is 0 Å². The van der Waals surface area contributed by atoms with Crippen LogP contribution in [0.2, 0.25) is 0 Å². The quantitative estimate of drug-likeness (QED) is 0.678. The average Bonchev–Trinajstić information content (AvgIpc) is 2.56. The maximum atomic E-state index is 11.0. The number of aliphatic hydroxyl groups is 1. The Morgan fingerprint density at radius 1 is 1.17 bits per heavy atom. The molecule has 0 saturated heterocycles. The standard InChI is InChI=1S/C12H16O2.C7H18NO.BrH/c1-3-9(2)11(12(13)14)10-7-5-4-6-8-10;1-4-8(3,5-2)6-7-9;/h4-9,11H,3H2,1-2H3,(H,13,14);9H,4-7H2,1-3H3;1H/q;+1;/p-1. The van der Waals surface area contributed by atoms with E-state index in [1.54, 1.807) is 0 Å². The molecule has 1 rings (SSSR count). The van der Waals surface area contributed by atoms with Crippen LogP contribution in [0.5, 0.6) is 0 Å². The summed E-state index contributed by atoms with van der Waals surface area (Å²) in [5.74, 6) is -1.35. The Morgan fingerprint density at radius 3 is 1.96 bits per heavy atom. The molecule has 0 fully saturated rings. The molecule has 1 aromatic carbocycles. The first-order valence-electron chi connectivity index (χ1n) is 8.55. The first kappa shape index (κ1) is 25.3. The molecule has 0 aliphatic rings. The summed E-state index contributed by atoms with van der Waals surface area (Å²) in [5.41, 5.74) is 0.835. The molecule has 0 saturated carbocycles.